The molecule has 1 aromatic heterocycles. The molecule has 2 heterocycles. The first-order chi connectivity index (χ1) is 12.1. The number of likely N-dealkylation sites (tertiary alicyclic amines) is 1. The van der Waals surface area contributed by atoms with Crippen LogP contribution in [0, 0.1) is 5.82 Å². The molecule has 2 aromatic rings. The number of halogens is 1. The van der Waals surface area contributed by atoms with Gasteiger partial charge < -0.3 is 14.4 Å². The molecular formula is C18H22FN3O3. The maximum atomic E-state index is 14.5. The number of carbonyl (C=O) groups excluding carboxylic acids is 1. The van der Waals surface area contributed by atoms with Crippen molar-refractivity contribution in [1.82, 2.24) is 14.7 Å². The van der Waals surface area contributed by atoms with Crippen LogP contribution in [-0.2, 0) is 7.05 Å². The molecule has 1 fully saturated rings. The van der Waals surface area contributed by atoms with Crippen LogP contribution in [-0.4, -0.2) is 41.4 Å². The Morgan fingerprint density at radius 2 is 1.96 bits per heavy atom. The van der Waals surface area contributed by atoms with Gasteiger partial charge in [-0.1, -0.05) is 0 Å². The first-order valence-electron chi connectivity index (χ1n) is 8.27. The van der Waals surface area contributed by atoms with E-state index in [0.717, 1.165) is 25.0 Å². The first-order valence-corrected chi connectivity index (χ1v) is 8.27. The number of hydrogen-bond donors (Lipinski definition) is 0. The summed E-state index contributed by atoms with van der Waals surface area (Å²) >= 11 is 0. The SMILES string of the molecule is COc1cc(F)c(C(=O)N2CCCC[C@@H]2c2ccnn2C)cc1OC. The van der Waals surface area contributed by atoms with Crippen LogP contribution in [0.25, 0.3) is 0 Å². The summed E-state index contributed by atoms with van der Waals surface area (Å²) in [5.74, 6) is -0.360. The third-order valence-corrected chi connectivity index (χ3v) is 4.67. The minimum atomic E-state index is -0.614. The van der Waals surface area contributed by atoms with Crippen LogP contribution in [0.3, 0.4) is 0 Å². The predicted octanol–water partition coefficient (Wildman–Crippen LogP) is 2.94. The number of rotatable bonds is 4. The predicted molar refractivity (Wildman–Crippen MR) is 90.3 cm³/mol. The number of ether oxygens (including phenoxy) is 2. The van der Waals surface area contributed by atoms with E-state index in [0.29, 0.717) is 12.3 Å². The first kappa shape index (κ1) is 17.3. The second-order valence-corrected chi connectivity index (χ2v) is 6.08. The van der Waals surface area contributed by atoms with E-state index in [2.05, 4.69) is 5.10 Å². The average Bonchev–Trinajstić information content (AvgIpc) is 3.06. The molecule has 1 aliphatic rings. The van der Waals surface area contributed by atoms with E-state index in [1.54, 1.807) is 15.8 Å². The van der Waals surface area contributed by atoms with Gasteiger partial charge in [0.25, 0.3) is 5.91 Å². The van der Waals surface area contributed by atoms with Crippen molar-refractivity contribution in [3.63, 3.8) is 0 Å². The zero-order chi connectivity index (χ0) is 18.0. The number of aryl methyl sites for hydroxylation is 1. The highest BCUT2D eigenvalue weighted by molar-refractivity contribution is 5.95. The molecule has 6 nitrogen and oxygen atoms in total. The van der Waals surface area contributed by atoms with Crippen molar-refractivity contribution in [1.29, 1.82) is 0 Å². The highest BCUT2D eigenvalue weighted by Crippen LogP contribution is 2.35. The Kier molecular flexibility index (Phi) is 4.92. The third-order valence-electron chi connectivity index (χ3n) is 4.67. The molecule has 0 radical (unpaired) electrons. The van der Waals surface area contributed by atoms with Crippen molar-refractivity contribution >= 4 is 5.91 Å². The van der Waals surface area contributed by atoms with Crippen molar-refractivity contribution in [2.45, 2.75) is 25.3 Å². The number of nitrogens with zero attached hydrogens (tertiary/aromatic N) is 3. The monoisotopic (exact) mass is 347 g/mol. The summed E-state index contributed by atoms with van der Waals surface area (Å²) in [4.78, 5) is 14.8. The Hall–Kier alpha value is -2.57. The smallest absolute Gasteiger partial charge is 0.257 e. The summed E-state index contributed by atoms with van der Waals surface area (Å²) in [5.41, 5.74) is 0.945. The number of amides is 1. The van der Waals surface area contributed by atoms with Crippen LogP contribution >= 0.6 is 0 Å². The second-order valence-electron chi connectivity index (χ2n) is 6.08. The Labute approximate surface area is 146 Å². The van der Waals surface area contributed by atoms with Crippen molar-refractivity contribution in [3.05, 3.63) is 41.5 Å². The van der Waals surface area contributed by atoms with Gasteiger partial charge in [-0.15, -0.1) is 0 Å². The van der Waals surface area contributed by atoms with Crippen molar-refractivity contribution in [2.24, 2.45) is 7.05 Å². The number of hydrogen-bond acceptors (Lipinski definition) is 4. The number of carbonyl (C=O) groups is 1. The van der Waals surface area contributed by atoms with E-state index < -0.39 is 5.82 Å². The lowest BCUT2D eigenvalue weighted by Crippen LogP contribution is -2.39. The van der Waals surface area contributed by atoms with Crippen molar-refractivity contribution < 1.29 is 18.7 Å². The van der Waals surface area contributed by atoms with Gasteiger partial charge in [-0.3, -0.25) is 9.48 Å². The van der Waals surface area contributed by atoms with E-state index in [9.17, 15) is 9.18 Å². The summed E-state index contributed by atoms with van der Waals surface area (Å²) in [7, 11) is 4.74. The lowest BCUT2D eigenvalue weighted by molar-refractivity contribution is 0.0596. The van der Waals surface area contributed by atoms with E-state index in [1.165, 1.54) is 26.4 Å². The zero-order valence-corrected chi connectivity index (χ0v) is 14.7. The van der Waals surface area contributed by atoms with Crippen LogP contribution in [0.4, 0.5) is 4.39 Å². The van der Waals surface area contributed by atoms with Gasteiger partial charge in [0.15, 0.2) is 11.5 Å². The molecule has 1 saturated heterocycles. The van der Waals surface area contributed by atoms with Crippen LogP contribution < -0.4 is 9.47 Å². The topological polar surface area (TPSA) is 56.6 Å². The molecule has 0 spiro atoms. The Morgan fingerprint density at radius 3 is 2.60 bits per heavy atom. The average molecular weight is 347 g/mol. The van der Waals surface area contributed by atoms with Gasteiger partial charge in [0, 0.05) is 25.9 Å². The van der Waals surface area contributed by atoms with Gasteiger partial charge in [0.1, 0.15) is 5.82 Å². The Bertz CT molecular complexity index is 775. The number of benzene rings is 1. The zero-order valence-electron chi connectivity index (χ0n) is 14.7. The largest absolute Gasteiger partial charge is 0.493 e. The molecule has 0 aliphatic carbocycles. The van der Waals surface area contributed by atoms with Crippen LogP contribution in [0.5, 0.6) is 11.5 Å². The third kappa shape index (κ3) is 3.18. The standard InChI is InChI=1S/C18H22FN3O3/c1-21-14(7-8-20-21)15-6-4-5-9-22(15)18(23)12-10-16(24-2)17(25-3)11-13(12)19/h7-8,10-11,15H,4-6,9H2,1-3H3/t15-/m1/s1. The number of piperidine rings is 1. The molecule has 1 aliphatic heterocycles. The van der Waals surface area contributed by atoms with Crippen molar-refractivity contribution in [2.75, 3.05) is 20.8 Å². The summed E-state index contributed by atoms with van der Waals surface area (Å²) < 4.78 is 26.6. The second kappa shape index (κ2) is 7.13. The maximum Gasteiger partial charge on any atom is 0.257 e. The fourth-order valence-corrected chi connectivity index (χ4v) is 3.37. The van der Waals surface area contributed by atoms with Gasteiger partial charge in [-0.05, 0) is 31.4 Å². The normalized spacial score (nSPS) is 17.4. The lowest BCUT2D eigenvalue weighted by atomic mass is 9.98. The molecular weight excluding hydrogens is 325 g/mol. The van der Waals surface area contributed by atoms with Crippen molar-refractivity contribution in [3.8, 4) is 11.5 Å². The molecule has 7 heteroatoms. The van der Waals surface area contributed by atoms with Crippen LogP contribution in [0.2, 0.25) is 0 Å². The van der Waals surface area contributed by atoms with E-state index >= 15 is 0 Å². The van der Waals surface area contributed by atoms with Gasteiger partial charge in [-0.25, -0.2) is 4.39 Å². The molecule has 0 unspecified atom stereocenters. The fraction of sp³-hybridized carbons (Fsp3) is 0.444. The van der Waals surface area contributed by atoms with E-state index in [-0.39, 0.29) is 23.3 Å². The summed E-state index contributed by atoms with van der Waals surface area (Å²) in [6, 6.07) is 4.39. The molecule has 134 valence electrons. The van der Waals surface area contributed by atoms with E-state index in [4.69, 9.17) is 9.47 Å². The molecule has 0 saturated carbocycles. The number of methoxy groups -OCH3 is 2. The minimum absolute atomic E-state index is 0.00767. The molecule has 3 rings (SSSR count). The van der Waals surface area contributed by atoms with Gasteiger partial charge in [0.2, 0.25) is 0 Å². The highest BCUT2D eigenvalue weighted by atomic mass is 19.1. The lowest BCUT2D eigenvalue weighted by Gasteiger charge is -2.36. The van der Waals surface area contributed by atoms with Gasteiger partial charge in [-0.2, -0.15) is 5.10 Å². The fourth-order valence-electron chi connectivity index (χ4n) is 3.37. The molecule has 1 aromatic carbocycles. The maximum absolute atomic E-state index is 14.5. The van der Waals surface area contributed by atoms with Crippen LogP contribution in [0.1, 0.15) is 41.4 Å². The van der Waals surface area contributed by atoms with Gasteiger partial charge >= 0.3 is 0 Å². The molecule has 1 amide bonds. The molecule has 0 N–H and O–H groups in total. The molecule has 0 bridgehead atoms. The molecule has 1 atom stereocenters. The summed E-state index contributed by atoms with van der Waals surface area (Å²) in [6.07, 6.45) is 4.47. The van der Waals surface area contributed by atoms with E-state index in [1.807, 2.05) is 13.1 Å². The Balaban J connectivity index is 1.97. The summed E-state index contributed by atoms with van der Waals surface area (Å²) in [6.45, 7) is 0.586. The minimum Gasteiger partial charge on any atom is -0.493 e. The molecule has 25 heavy (non-hydrogen) atoms. The summed E-state index contributed by atoms with van der Waals surface area (Å²) in [5, 5.41) is 4.19. The van der Waals surface area contributed by atoms with Gasteiger partial charge in [0.05, 0.1) is 31.5 Å². The quantitative estimate of drug-likeness (QED) is 0.853. The number of aromatic nitrogens is 2. The highest BCUT2D eigenvalue weighted by Gasteiger charge is 2.32. The Morgan fingerprint density at radius 1 is 1.24 bits per heavy atom. The van der Waals surface area contributed by atoms with Crippen LogP contribution in [0.15, 0.2) is 24.4 Å².